The van der Waals surface area contributed by atoms with E-state index >= 15 is 0 Å². The summed E-state index contributed by atoms with van der Waals surface area (Å²) >= 11 is 0. The number of nitrogens with one attached hydrogen (secondary N) is 2. The third kappa shape index (κ3) is 5.21. The SMILES string of the molecule is COC(=O)CC(=O)Nc1ccc(S(=O)(=O)Nc2ccc(OC)cc2)cc1. The van der Waals surface area contributed by atoms with Gasteiger partial charge in [-0.25, -0.2) is 8.42 Å². The zero-order chi connectivity index (χ0) is 19.2. The van der Waals surface area contributed by atoms with Crippen LogP contribution in [0.3, 0.4) is 0 Å². The average molecular weight is 378 g/mol. The van der Waals surface area contributed by atoms with Crippen molar-refractivity contribution >= 4 is 33.3 Å². The lowest BCUT2D eigenvalue weighted by atomic mass is 10.3. The molecule has 0 aliphatic heterocycles. The van der Waals surface area contributed by atoms with Crippen molar-refractivity contribution in [3.63, 3.8) is 0 Å². The van der Waals surface area contributed by atoms with Gasteiger partial charge >= 0.3 is 5.97 Å². The lowest BCUT2D eigenvalue weighted by molar-refractivity contribution is -0.142. The van der Waals surface area contributed by atoms with Crippen LogP contribution in [0.4, 0.5) is 11.4 Å². The zero-order valence-corrected chi connectivity index (χ0v) is 15.0. The molecule has 0 aromatic heterocycles. The highest BCUT2D eigenvalue weighted by Gasteiger charge is 2.15. The van der Waals surface area contributed by atoms with Crippen molar-refractivity contribution in [3.05, 3.63) is 48.5 Å². The van der Waals surface area contributed by atoms with Gasteiger partial charge in [0.2, 0.25) is 5.91 Å². The molecule has 0 saturated heterocycles. The third-order valence-electron chi connectivity index (χ3n) is 3.32. The molecule has 2 aromatic carbocycles. The van der Waals surface area contributed by atoms with Gasteiger partial charge in [0, 0.05) is 11.4 Å². The molecule has 0 heterocycles. The van der Waals surface area contributed by atoms with E-state index in [-0.39, 0.29) is 4.90 Å². The van der Waals surface area contributed by atoms with E-state index in [0.717, 1.165) is 0 Å². The number of benzene rings is 2. The number of carbonyl (C=O) groups excluding carboxylic acids is 2. The van der Waals surface area contributed by atoms with E-state index in [4.69, 9.17) is 4.74 Å². The molecule has 0 bridgehead atoms. The van der Waals surface area contributed by atoms with E-state index < -0.39 is 28.3 Å². The fourth-order valence-corrected chi connectivity index (χ4v) is 3.06. The monoisotopic (exact) mass is 378 g/mol. The third-order valence-corrected chi connectivity index (χ3v) is 4.72. The minimum absolute atomic E-state index is 0.0271. The summed E-state index contributed by atoms with van der Waals surface area (Å²) in [6.07, 6.45) is -0.421. The molecule has 2 aromatic rings. The quantitative estimate of drug-likeness (QED) is 0.563. The normalized spacial score (nSPS) is 10.7. The molecule has 8 nitrogen and oxygen atoms in total. The molecule has 0 aliphatic carbocycles. The largest absolute Gasteiger partial charge is 0.497 e. The Labute approximate surface area is 151 Å². The van der Waals surface area contributed by atoms with Crippen molar-refractivity contribution in [2.45, 2.75) is 11.3 Å². The Kier molecular flexibility index (Phi) is 6.18. The number of hydrogen-bond donors (Lipinski definition) is 2. The van der Waals surface area contributed by atoms with Crippen molar-refractivity contribution in [3.8, 4) is 5.75 Å². The minimum atomic E-state index is -3.78. The summed E-state index contributed by atoms with van der Waals surface area (Å²) in [5.74, 6) is -0.603. The second kappa shape index (κ2) is 8.34. The van der Waals surface area contributed by atoms with Crippen molar-refractivity contribution in [2.24, 2.45) is 0 Å². The molecule has 0 radical (unpaired) electrons. The van der Waals surface area contributed by atoms with Gasteiger partial charge in [-0.05, 0) is 48.5 Å². The van der Waals surface area contributed by atoms with Crippen LogP contribution >= 0.6 is 0 Å². The van der Waals surface area contributed by atoms with Crippen LogP contribution in [0.25, 0.3) is 0 Å². The van der Waals surface area contributed by atoms with Gasteiger partial charge in [0.15, 0.2) is 0 Å². The van der Waals surface area contributed by atoms with Crippen LogP contribution in [0.15, 0.2) is 53.4 Å². The average Bonchev–Trinajstić information content (AvgIpc) is 2.62. The molecule has 0 fully saturated rings. The second-order valence-electron chi connectivity index (χ2n) is 5.16. The molecule has 26 heavy (non-hydrogen) atoms. The fourth-order valence-electron chi connectivity index (χ4n) is 2.00. The number of carbonyl (C=O) groups is 2. The van der Waals surface area contributed by atoms with Crippen molar-refractivity contribution in [1.29, 1.82) is 0 Å². The summed E-state index contributed by atoms with van der Waals surface area (Å²) in [5, 5.41) is 2.48. The first-order valence-corrected chi connectivity index (χ1v) is 8.96. The maximum absolute atomic E-state index is 12.4. The number of methoxy groups -OCH3 is 2. The maximum atomic E-state index is 12.4. The van der Waals surface area contributed by atoms with Crippen molar-refractivity contribution in [2.75, 3.05) is 24.3 Å². The van der Waals surface area contributed by atoms with E-state index in [1.165, 1.54) is 38.5 Å². The van der Waals surface area contributed by atoms with E-state index in [0.29, 0.717) is 17.1 Å². The highest BCUT2D eigenvalue weighted by Crippen LogP contribution is 2.20. The molecule has 0 saturated carbocycles. The summed E-state index contributed by atoms with van der Waals surface area (Å²) in [6, 6.07) is 12.0. The molecule has 9 heteroatoms. The van der Waals surface area contributed by atoms with Gasteiger partial charge < -0.3 is 14.8 Å². The number of esters is 1. The van der Waals surface area contributed by atoms with Crippen LogP contribution in [-0.4, -0.2) is 34.5 Å². The lowest BCUT2D eigenvalue weighted by Gasteiger charge is -2.10. The summed E-state index contributed by atoms with van der Waals surface area (Å²) in [4.78, 5) is 22.7. The Morgan fingerprint density at radius 2 is 1.50 bits per heavy atom. The second-order valence-corrected chi connectivity index (χ2v) is 6.84. The minimum Gasteiger partial charge on any atom is -0.497 e. The standard InChI is InChI=1S/C17H18N2O6S/c1-24-14-7-3-13(4-8-14)19-26(22,23)15-9-5-12(6-10-15)18-16(20)11-17(21)25-2/h3-10,19H,11H2,1-2H3,(H,18,20). The number of anilines is 2. The van der Waals surface area contributed by atoms with Gasteiger partial charge in [-0.2, -0.15) is 0 Å². The molecule has 0 spiro atoms. The number of rotatable bonds is 7. The van der Waals surface area contributed by atoms with Gasteiger partial charge in [-0.1, -0.05) is 0 Å². The smallest absolute Gasteiger partial charge is 0.315 e. The highest BCUT2D eigenvalue weighted by molar-refractivity contribution is 7.92. The lowest BCUT2D eigenvalue weighted by Crippen LogP contribution is -2.17. The predicted octanol–water partition coefficient (Wildman–Crippen LogP) is 2.00. The highest BCUT2D eigenvalue weighted by atomic mass is 32.2. The summed E-state index contributed by atoms with van der Waals surface area (Å²) in [5.41, 5.74) is 0.753. The van der Waals surface area contributed by atoms with Gasteiger partial charge in [-0.3, -0.25) is 14.3 Å². The van der Waals surface area contributed by atoms with Crippen LogP contribution < -0.4 is 14.8 Å². The summed E-state index contributed by atoms with van der Waals surface area (Å²) in [7, 11) is -1.07. The fraction of sp³-hybridized carbons (Fsp3) is 0.176. The van der Waals surface area contributed by atoms with Gasteiger partial charge in [0.25, 0.3) is 10.0 Å². The Morgan fingerprint density at radius 3 is 2.04 bits per heavy atom. The first-order valence-electron chi connectivity index (χ1n) is 7.47. The Balaban J connectivity index is 2.05. The van der Waals surface area contributed by atoms with Crippen molar-refractivity contribution < 1.29 is 27.5 Å². The molecule has 1 amide bonds. The molecular weight excluding hydrogens is 360 g/mol. The van der Waals surface area contributed by atoms with Crippen LogP contribution in [-0.2, 0) is 24.3 Å². The Morgan fingerprint density at radius 1 is 0.923 bits per heavy atom. The first kappa shape index (κ1) is 19.3. The van der Waals surface area contributed by atoms with Gasteiger partial charge in [-0.15, -0.1) is 0 Å². The Hall–Kier alpha value is -3.07. The number of ether oxygens (including phenoxy) is 2. The molecular formula is C17H18N2O6S. The molecule has 0 aliphatic rings. The summed E-state index contributed by atoms with van der Waals surface area (Å²) < 4.78 is 36.6. The number of sulfonamides is 1. The first-order chi connectivity index (χ1) is 12.3. The van der Waals surface area contributed by atoms with Gasteiger partial charge in [0.1, 0.15) is 12.2 Å². The van der Waals surface area contributed by atoms with E-state index in [2.05, 4.69) is 14.8 Å². The molecule has 2 N–H and O–H groups in total. The van der Waals surface area contributed by atoms with Crippen LogP contribution in [0.5, 0.6) is 5.75 Å². The van der Waals surface area contributed by atoms with Gasteiger partial charge in [0.05, 0.1) is 19.1 Å². The predicted molar refractivity (Wildman–Crippen MR) is 95.5 cm³/mol. The zero-order valence-electron chi connectivity index (χ0n) is 14.2. The van der Waals surface area contributed by atoms with Crippen LogP contribution in [0, 0.1) is 0 Å². The van der Waals surface area contributed by atoms with Crippen molar-refractivity contribution in [1.82, 2.24) is 0 Å². The summed E-state index contributed by atoms with van der Waals surface area (Å²) in [6.45, 7) is 0. The molecule has 138 valence electrons. The molecule has 0 atom stereocenters. The Bertz CT molecular complexity index is 876. The van der Waals surface area contributed by atoms with Crippen LogP contribution in [0.1, 0.15) is 6.42 Å². The topological polar surface area (TPSA) is 111 Å². The maximum Gasteiger partial charge on any atom is 0.315 e. The van der Waals surface area contributed by atoms with E-state index in [9.17, 15) is 18.0 Å². The number of hydrogen-bond acceptors (Lipinski definition) is 6. The van der Waals surface area contributed by atoms with E-state index in [1.54, 1.807) is 24.3 Å². The number of amides is 1. The molecule has 0 unspecified atom stereocenters. The van der Waals surface area contributed by atoms with Crippen LogP contribution in [0.2, 0.25) is 0 Å². The van der Waals surface area contributed by atoms with E-state index in [1.807, 2.05) is 0 Å². The molecule has 2 rings (SSSR count).